The van der Waals surface area contributed by atoms with Crippen LogP contribution in [0.1, 0.15) is 18.9 Å². The zero-order valence-corrected chi connectivity index (χ0v) is 15.7. The fraction of sp³-hybridized carbons (Fsp3) is 0.333. The molecule has 1 heterocycles. The standard InChI is InChI=1S/C21H24N2O4/c1-3-27-18-10-6-16(7-11-18)23-20(24)14-19(21(23)25)22-13-12-15-4-8-17(26-2)9-5-15/h4-11,19,22H,3,12-14H2,1-2H3/p+1/t19-/m1/s1. The predicted molar refractivity (Wildman–Crippen MR) is 102 cm³/mol. The van der Waals surface area contributed by atoms with E-state index < -0.39 is 0 Å². The number of nitrogens with two attached hydrogens (primary N) is 1. The maximum atomic E-state index is 12.7. The van der Waals surface area contributed by atoms with E-state index in [4.69, 9.17) is 9.47 Å². The third-order valence-corrected chi connectivity index (χ3v) is 4.63. The Kier molecular flexibility index (Phi) is 6.08. The van der Waals surface area contributed by atoms with Gasteiger partial charge in [-0.05, 0) is 48.9 Å². The Bertz CT molecular complexity index is 787. The lowest BCUT2D eigenvalue weighted by molar-refractivity contribution is -0.674. The van der Waals surface area contributed by atoms with Crippen LogP contribution in [0, 0.1) is 0 Å². The molecular formula is C21H25N2O4+. The molecule has 0 aromatic heterocycles. The molecular weight excluding hydrogens is 344 g/mol. The fourth-order valence-corrected chi connectivity index (χ4v) is 3.21. The van der Waals surface area contributed by atoms with Crippen molar-refractivity contribution in [1.29, 1.82) is 0 Å². The topological polar surface area (TPSA) is 72.4 Å². The van der Waals surface area contributed by atoms with Crippen LogP contribution in [0.5, 0.6) is 11.5 Å². The highest BCUT2D eigenvalue weighted by atomic mass is 16.5. The first-order chi connectivity index (χ1) is 13.1. The second kappa shape index (κ2) is 8.68. The van der Waals surface area contributed by atoms with Crippen LogP contribution in [-0.2, 0) is 16.0 Å². The summed E-state index contributed by atoms with van der Waals surface area (Å²) in [6, 6.07) is 14.6. The Morgan fingerprint density at radius 2 is 1.70 bits per heavy atom. The largest absolute Gasteiger partial charge is 0.497 e. The summed E-state index contributed by atoms with van der Waals surface area (Å²) >= 11 is 0. The van der Waals surface area contributed by atoms with Crippen molar-refractivity contribution in [2.75, 3.05) is 25.2 Å². The van der Waals surface area contributed by atoms with Crippen molar-refractivity contribution in [3.8, 4) is 11.5 Å². The first kappa shape index (κ1) is 18.9. The Morgan fingerprint density at radius 3 is 2.33 bits per heavy atom. The lowest BCUT2D eigenvalue weighted by Gasteiger charge is -2.15. The number of carbonyl (C=O) groups is 2. The van der Waals surface area contributed by atoms with Crippen LogP contribution in [0.25, 0.3) is 0 Å². The van der Waals surface area contributed by atoms with E-state index in [-0.39, 0.29) is 24.3 Å². The number of methoxy groups -OCH3 is 1. The lowest BCUT2D eigenvalue weighted by atomic mass is 10.1. The second-order valence-electron chi connectivity index (χ2n) is 6.43. The molecule has 0 aliphatic carbocycles. The van der Waals surface area contributed by atoms with Gasteiger partial charge in [-0.1, -0.05) is 12.1 Å². The molecule has 1 aliphatic heterocycles. The number of nitrogens with zero attached hydrogens (tertiary/aromatic N) is 1. The molecule has 0 unspecified atom stereocenters. The average molecular weight is 369 g/mol. The van der Waals surface area contributed by atoms with E-state index in [1.807, 2.05) is 36.5 Å². The molecule has 0 bridgehead atoms. The minimum absolute atomic E-state index is 0.154. The quantitative estimate of drug-likeness (QED) is 0.717. The molecule has 27 heavy (non-hydrogen) atoms. The molecule has 6 nitrogen and oxygen atoms in total. The van der Waals surface area contributed by atoms with Gasteiger partial charge in [-0.25, -0.2) is 4.90 Å². The van der Waals surface area contributed by atoms with Gasteiger partial charge in [0, 0.05) is 6.42 Å². The van der Waals surface area contributed by atoms with Gasteiger partial charge in [0.05, 0.1) is 32.4 Å². The third-order valence-electron chi connectivity index (χ3n) is 4.63. The number of hydrogen-bond donors (Lipinski definition) is 1. The normalized spacial score (nSPS) is 16.7. The maximum Gasteiger partial charge on any atom is 0.292 e. The van der Waals surface area contributed by atoms with Crippen LogP contribution in [0.3, 0.4) is 0 Å². The highest BCUT2D eigenvalue weighted by molar-refractivity contribution is 6.21. The van der Waals surface area contributed by atoms with Crippen molar-refractivity contribution in [1.82, 2.24) is 0 Å². The van der Waals surface area contributed by atoms with Crippen LogP contribution in [0.15, 0.2) is 48.5 Å². The number of imide groups is 1. The first-order valence-electron chi connectivity index (χ1n) is 9.18. The van der Waals surface area contributed by atoms with Gasteiger partial charge < -0.3 is 14.8 Å². The molecule has 1 atom stereocenters. The van der Waals surface area contributed by atoms with Gasteiger partial charge in [-0.3, -0.25) is 9.59 Å². The SMILES string of the molecule is CCOc1ccc(N2C(=O)C[C@@H]([NH2+]CCc3ccc(OC)cc3)C2=O)cc1. The summed E-state index contributed by atoms with van der Waals surface area (Å²) in [6.45, 7) is 3.23. The molecule has 0 radical (unpaired) electrons. The molecule has 6 heteroatoms. The highest BCUT2D eigenvalue weighted by Gasteiger charge is 2.42. The van der Waals surface area contributed by atoms with Crippen LogP contribution >= 0.6 is 0 Å². The number of ether oxygens (including phenoxy) is 2. The number of benzene rings is 2. The zero-order chi connectivity index (χ0) is 19.2. The number of carbonyl (C=O) groups excluding carboxylic acids is 2. The average Bonchev–Trinajstić information content (AvgIpc) is 2.97. The van der Waals surface area contributed by atoms with E-state index in [0.717, 1.165) is 24.5 Å². The number of amides is 2. The van der Waals surface area contributed by atoms with E-state index in [9.17, 15) is 9.59 Å². The molecule has 142 valence electrons. The first-order valence-corrected chi connectivity index (χ1v) is 9.18. The monoisotopic (exact) mass is 369 g/mol. The van der Waals surface area contributed by atoms with Crippen LogP contribution < -0.4 is 19.7 Å². The number of anilines is 1. The van der Waals surface area contributed by atoms with Gasteiger partial charge in [-0.2, -0.15) is 0 Å². The second-order valence-corrected chi connectivity index (χ2v) is 6.43. The number of quaternary nitrogens is 1. The summed E-state index contributed by atoms with van der Waals surface area (Å²) in [7, 11) is 1.64. The molecule has 1 fully saturated rings. The predicted octanol–water partition coefficient (Wildman–Crippen LogP) is 1.53. The summed E-state index contributed by atoms with van der Waals surface area (Å²) in [5.74, 6) is 1.24. The minimum Gasteiger partial charge on any atom is -0.497 e. The van der Waals surface area contributed by atoms with Crippen LogP contribution in [0.4, 0.5) is 5.69 Å². The highest BCUT2D eigenvalue weighted by Crippen LogP contribution is 2.24. The zero-order valence-electron chi connectivity index (χ0n) is 15.7. The van der Waals surface area contributed by atoms with E-state index >= 15 is 0 Å². The summed E-state index contributed by atoms with van der Waals surface area (Å²) in [5, 5.41) is 1.96. The van der Waals surface area contributed by atoms with Gasteiger partial charge in [-0.15, -0.1) is 0 Å². The van der Waals surface area contributed by atoms with Gasteiger partial charge in [0.1, 0.15) is 11.5 Å². The molecule has 1 aliphatic rings. The summed E-state index contributed by atoms with van der Waals surface area (Å²) < 4.78 is 10.6. The van der Waals surface area contributed by atoms with Crippen molar-refractivity contribution in [2.45, 2.75) is 25.8 Å². The Balaban J connectivity index is 1.56. The van der Waals surface area contributed by atoms with Crippen molar-refractivity contribution >= 4 is 17.5 Å². The molecule has 0 saturated carbocycles. The number of hydrogen-bond acceptors (Lipinski definition) is 4. The van der Waals surface area contributed by atoms with Crippen LogP contribution in [0.2, 0.25) is 0 Å². The van der Waals surface area contributed by atoms with E-state index in [1.165, 1.54) is 10.5 Å². The molecule has 2 aromatic carbocycles. The summed E-state index contributed by atoms with van der Waals surface area (Å²) in [4.78, 5) is 26.3. The van der Waals surface area contributed by atoms with Crippen molar-refractivity contribution in [2.24, 2.45) is 0 Å². The van der Waals surface area contributed by atoms with Gasteiger partial charge in [0.15, 0.2) is 6.04 Å². The van der Waals surface area contributed by atoms with Crippen molar-refractivity contribution in [3.63, 3.8) is 0 Å². The Labute approximate surface area is 159 Å². The molecule has 1 saturated heterocycles. The Morgan fingerprint density at radius 1 is 1.04 bits per heavy atom. The van der Waals surface area contributed by atoms with Crippen molar-refractivity contribution in [3.05, 3.63) is 54.1 Å². The fourth-order valence-electron chi connectivity index (χ4n) is 3.21. The van der Waals surface area contributed by atoms with Gasteiger partial charge in [0.25, 0.3) is 5.91 Å². The molecule has 0 spiro atoms. The molecule has 2 aromatic rings. The summed E-state index contributed by atoms with van der Waals surface area (Å²) in [6.07, 6.45) is 1.06. The molecule has 3 rings (SSSR count). The lowest BCUT2D eigenvalue weighted by Crippen LogP contribution is -2.92. The smallest absolute Gasteiger partial charge is 0.292 e. The minimum atomic E-state index is -0.359. The summed E-state index contributed by atoms with van der Waals surface area (Å²) in [5.41, 5.74) is 1.77. The van der Waals surface area contributed by atoms with E-state index in [1.54, 1.807) is 31.4 Å². The molecule has 2 N–H and O–H groups in total. The maximum absolute atomic E-state index is 12.7. The van der Waals surface area contributed by atoms with Crippen LogP contribution in [-0.4, -0.2) is 38.1 Å². The number of rotatable bonds is 8. The third kappa shape index (κ3) is 4.46. The van der Waals surface area contributed by atoms with E-state index in [2.05, 4.69) is 0 Å². The molecule has 2 amide bonds. The van der Waals surface area contributed by atoms with Gasteiger partial charge in [0.2, 0.25) is 5.91 Å². The van der Waals surface area contributed by atoms with E-state index in [0.29, 0.717) is 12.3 Å². The Hall–Kier alpha value is -2.86. The van der Waals surface area contributed by atoms with Crippen molar-refractivity contribution < 1.29 is 24.4 Å². The van der Waals surface area contributed by atoms with Gasteiger partial charge >= 0.3 is 0 Å².